The number of nitrogens with one attached hydrogen (secondary N) is 1. The van der Waals surface area contributed by atoms with E-state index in [0.29, 0.717) is 16.9 Å². The van der Waals surface area contributed by atoms with E-state index in [-0.39, 0.29) is 17.3 Å². The monoisotopic (exact) mass is 518 g/mol. The summed E-state index contributed by atoms with van der Waals surface area (Å²) in [7, 11) is -3.84. The van der Waals surface area contributed by atoms with Crippen LogP contribution in [0.4, 0.5) is 11.4 Å². The second-order valence-electron chi connectivity index (χ2n) is 7.04. The van der Waals surface area contributed by atoms with E-state index < -0.39 is 10.0 Å². The van der Waals surface area contributed by atoms with Crippen LogP contribution in [0.25, 0.3) is 11.1 Å². The minimum atomic E-state index is -3.84. The van der Waals surface area contributed by atoms with Crippen molar-refractivity contribution in [1.82, 2.24) is 0 Å². The highest BCUT2D eigenvalue weighted by Gasteiger charge is 2.35. The number of carbonyl (C=O) groups is 1. The van der Waals surface area contributed by atoms with Gasteiger partial charge in [-0.15, -0.1) is 0 Å². The van der Waals surface area contributed by atoms with Gasteiger partial charge in [-0.3, -0.25) is 9.10 Å². The molecule has 0 spiro atoms. The van der Waals surface area contributed by atoms with Crippen LogP contribution in [-0.2, 0) is 14.8 Å². The van der Waals surface area contributed by atoms with Gasteiger partial charge in [-0.1, -0.05) is 29.8 Å². The van der Waals surface area contributed by atoms with Gasteiger partial charge in [0.15, 0.2) is 0 Å². The molecule has 1 N–H and O–H groups in total. The number of carbonyl (C=O) groups excluding carboxylic acids is 1. The van der Waals surface area contributed by atoms with E-state index in [4.69, 9.17) is 0 Å². The summed E-state index contributed by atoms with van der Waals surface area (Å²) >= 11 is 2.21. The Morgan fingerprint density at radius 2 is 1.76 bits per heavy atom. The maximum Gasteiger partial charge on any atom is 0.265 e. The van der Waals surface area contributed by atoms with Crippen molar-refractivity contribution in [3.63, 3.8) is 0 Å². The van der Waals surface area contributed by atoms with Crippen LogP contribution < -0.4 is 9.62 Å². The Hall–Kier alpha value is -2.39. The van der Waals surface area contributed by atoms with E-state index in [1.165, 1.54) is 4.31 Å². The van der Waals surface area contributed by atoms with Crippen LogP contribution in [0, 0.1) is 17.4 Å². The molecule has 0 aliphatic carbocycles. The summed E-state index contributed by atoms with van der Waals surface area (Å²) in [4.78, 5) is 13.0. The molecule has 0 saturated carbocycles. The quantitative estimate of drug-likeness (QED) is 0.511. The summed E-state index contributed by atoms with van der Waals surface area (Å²) in [6.45, 7) is 3.57. The number of amides is 1. The van der Waals surface area contributed by atoms with Gasteiger partial charge in [0.25, 0.3) is 10.0 Å². The van der Waals surface area contributed by atoms with Crippen LogP contribution in [-0.4, -0.2) is 20.9 Å². The number of anilines is 2. The zero-order valence-electron chi connectivity index (χ0n) is 15.9. The number of halogens is 1. The fourth-order valence-corrected chi connectivity index (χ4v) is 5.80. The molecule has 1 aliphatic heterocycles. The van der Waals surface area contributed by atoms with Crippen molar-refractivity contribution in [2.75, 3.05) is 16.2 Å². The summed E-state index contributed by atoms with van der Waals surface area (Å²) in [5.74, 6) is -0.385. The lowest BCUT2D eigenvalue weighted by molar-refractivity contribution is -0.114. The van der Waals surface area contributed by atoms with Crippen LogP contribution in [0.3, 0.4) is 0 Å². The van der Waals surface area contributed by atoms with Crippen molar-refractivity contribution in [3.8, 4) is 11.1 Å². The molecular weight excluding hydrogens is 499 g/mol. The van der Waals surface area contributed by atoms with E-state index in [2.05, 4.69) is 27.9 Å². The van der Waals surface area contributed by atoms with Gasteiger partial charge in [0.2, 0.25) is 5.91 Å². The predicted octanol–water partition coefficient (Wildman–Crippen LogP) is 4.72. The number of nitrogens with zero attached hydrogens (tertiary/aromatic N) is 1. The molecular formula is C22H19IN2O3S. The molecule has 0 radical (unpaired) electrons. The van der Waals surface area contributed by atoms with E-state index in [1.807, 2.05) is 50.2 Å². The van der Waals surface area contributed by atoms with Gasteiger partial charge >= 0.3 is 0 Å². The number of benzene rings is 3. The van der Waals surface area contributed by atoms with Gasteiger partial charge in [-0.25, -0.2) is 8.42 Å². The van der Waals surface area contributed by atoms with Crippen LogP contribution in [0.2, 0.25) is 0 Å². The van der Waals surface area contributed by atoms with Crippen LogP contribution in [0.1, 0.15) is 11.1 Å². The van der Waals surface area contributed by atoms with Crippen molar-refractivity contribution in [2.24, 2.45) is 0 Å². The van der Waals surface area contributed by atoms with Crippen molar-refractivity contribution in [3.05, 3.63) is 75.4 Å². The Balaban J connectivity index is 1.73. The Morgan fingerprint density at radius 1 is 1.00 bits per heavy atom. The Bertz CT molecular complexity index is 1240. The third-order valence-electron chi connectivity index (χ3n) is 4.92. The summed E-state index contributed by atoms with van der Waals surface area (Å²) in [6.07, 6.45) is 0. The van der Waals surface area contributed by atoms with Gasteiger partial charge in [0.05, 0.1) is 10.6 Å². The lowest BCUT2D eigenvalue weighted by atomic mass is 10.0. The lowest BCUT2D eigenvalue weighted by Crippen LogP contribution is -2.40. The zero-order chi connectivity index (χ0) is 20.8. The maximum absolute atomic E-state index is 13.3. The molecule has 3 aromatic rings. The molecule has 0 bridgehead atoms. The molecule has 1 heterocycles. The summed E-state index contributed by atoms with van der Waals surface area (Å²) in [5.41, 5.74) is 4.62. The first-order valence-corrected chi connectivity index (χ1v) is 11.6. The zero-order valence-corrected chi connectivity index (χ0v) is 18.9. The van der Waals surface area contributed by atoms with E-state index in [9.17, 15) is 13.2 Å². The number of sulfonamides is 1. The second-order valence-corrected chi connectivity index (χ2v) is 10.1. The fraction of sp³-hybridized carbons (Fsp3) is 0.136. The van der Waals surface area contributed by atoms with Gasteiger partial charge in [-0.2, -0.15) is 0 Å². The molecule has 0 atom stereocenters. The highest BCUT2D eigenvalue weighted by molar-refractivity contribution is 14.1. The summed E-state index contributed by atoms with van der Waals surface area (Å²) in [5, 5.41) is 2.84. The Morgan fingerprint density at radius 3 is 2.52 bits per heavy atom. The topological polar surface area (TPSA) is 66.5 Å². The van der Waals surface area contributed by atoms with Crippen molar-refractivity contribution in [1.29, 1.82) is 0 Å². The molecule has 7 heteroatoms. The maximum atomic E-state index is 13.3. The van der Waals surface area contributed by atoms with Crippen molar-refractivity contribution in [2.45, 2.75) is 18.7 Å². The predicted molar refractivity (Wildman–Crippen MR) is 124 cm³/mol. The number of rotatable bonds is 3. The number of aryl methyl sites for hydroxylation is 2. The molecule has 0 fully saturated rings. The molecule has 0 saturated heterocycles. The fourth-order valence-electron chi connectivity index (χ4n) is 3.50. The van der Waals surface area contributed by atoms with Crippen molar-refractivity contribution < 1.29 is 13.2 Å². The lowest BCUT2D eigenvalue weighted by Gasteiger charge is -2.32. The number of hydrogen-bond acceptors (Lipinski definition) is 3. The molecule has 1 amide bonds. The van der Waals surface area contributed by atoms with E-state index in [0.717, 1.165) is 20.3 Å². The first kappa shape index (κ1) is 19.9. The Labute approximate surface area is 183 Å². The average molecular weight is 518 g/mol. The van der Waals surface area contributed by atoms with Crippen LogP contribution >= 0.6 is 22.6 Å². The summed E-state index contributed by atoms with van der Waals surface area (Å²) < 4.78 is 28.9. The van der Waals surface area contributed by atoms with E-state index >= 15 is 0 Å². The smallest absolute Gasteiger partial charge is 0.265 e. The number of hydrogen-bond donors (Lipinski definition) is 1. The van der Waals surface area contributed by atoms with E-state index in [1.54, 1.807) is 24.3 Å². The highest BCUT2D eigenvalue weighted by atomic mass is 127. The minimum absolute atomic E-state index is 0.219. The average Bonchev–Trinajstić information content (AvgIpc) is 2.68. The Kier molecular flexibility index (Phi) is 5.12. The first-order chi connectivity index (χ1) is 13.8. The van der Waals surface area contributed by atoms with Crippen LogP contribution in [0.15, 0.2) is 65.6 Å². The van der Waals surface area contributed by atoms with Crippen molar-refractivity contribution >= 4 is 49.9 Å². The van der Waals surface area contributed by atoms with Crippen LogP contribution in [0.5, 0.6) is 0 Å². The second kappa shape index (κ2) is 7.46. The molecule has 4 rings (SSSR count). The normalized spacial score (nSPS) is 14.1. The molecule has 0 unspecified atom stereocenters. The van der Waals surface area contributed by atoms with Gasteiger partial charge in [-0.05, 0) is 78.4 Å². The summed E-state index contributed by atoms with van der Waals surface area (Å²) in [6, 6.07) is 18.2. The molecule has 5 nitrogen and oxygen atoms in total. The van der Waals surface area contributed by atoms with Gasteiger partial charge in [0, 0.05) is 20.4 Å². The third kappa shape index (κ3) is 3.64. The first-order valence-electron chi connectivity index (χ1n) is 9.06. The standard InChI is InChI=1S/C22H19IN2O3S/c1-14-7-10-20-18(11-14)17-5-3-4-6-21(17)29(27,28)25(20)13-22(26)24-19-9-8-16(23)12-15(19)2/h3-12H,13H2,1-2H3,(H,24,26). The largest absolute Gasteiger partial charge is 0.324 e. The highest BCUT2D eigenvalue weighted by Crippen LogP contribution is 2.43. The third-order valence-corrected chi connectivity index (χ3v) is 7.40. The molecule has 0 aromatic heterocycles. The van der Waals surface area contributed by atoms with Gasteiger partial charge < -0.3 is 5.32 Å². The minimum Gasteiger partial charge on any atom is -0.324 e. The SMILES string of the molecule is Cc1ccc2c(c1)-c1ccccc1S(=O)(=O)N2CC(=O)Nc1ccc(I)cc1C. The van der Waals surface area contributed by atoms with Gasteiger partial charge in [0.1, 0.15) is 6.54 Å². The molecule has 3 aromatic carbocycles. The molecule has 1 aliphatic rings. The number of fused-ring (bicyclic) bond motifs is 3. The molecule has 29 heavy (non-hydrogen) atoms. The molecule has 148 valence electrons.